The van der Waals surface area contributed by atoms with Crippen molar-refractivity contribution in [2.45, 2.75) is 51.4 Å². The first kappa shape index (κ1) is 15.3. The molecule has 2 rings (SSSR count). The number of alkyl halides is 3. The van der Waals surface area contributed by atoms with Gasteiger partial charge in [0, 0.05) is 12.6 Å². The molecule has 0 saturated heterocycles. The van der Waals surface area contributed by atoms with Crippen LogP contribution in [-0.2, 0) is 12.7 Å². The van der Waals surface area contributed by atoms with Crippen LogP contribution in [-0.4, -0.2) is 6.04 Å². The van der Waals surface area contributed by atoms with Gasteiger partial charge < -0.3 is 5.32 Å². The third-order valence-electron chi connectivity index (χ3n) is 3.77. The molecule has 5 heteroatoms. The number of hydrogen-bond acceptors (Lipinski definition) is 1. The summed E-state index contributed by atoms with van der Waals surface area (Å²) in [4.78, 5) is 0. The van der Waals surface area contributed by atoms with Crippen molar-refractivity contribution in [3.05, 3.63) is 35.1 Å². The maximum Gasteiger partial charge on any atom is 0.416 e. The lowest BCUT2D eigenvalue weighted by Gasteiger charge is -2.19. The fourth-order valence-electron chi connectivity index (χ4n) is 2.37. The third-order valence-corrected chi connectivity index (χ3v) is 3.77. The molecular formula is C15H19F4N. The molecule has 0 heterocycles. The summed E-state index contributed by atoms with van der Waals surface area (Å²) in [5.41, 5.74) is -0.778. The van der Waals surface area contributed by atoms with Crippen LogP contribution in [0.1, 0.15) is 43.7 Å². The zero-order chi connectivity index (χ0) is 14.8. The summed E-state index contributed by atoms with van der Waals surface area (Å²) in [5, 5.41) is 3.17. The van der Waals surface area contributed by atoms with E-state index >= 15 is 0 Å². The van der Waals surface area contributed by atoms with Gasteiger partial charge in [0.25, 0.3) is 0 Å². The van der Waals surface area contributed by atoms with Gasteiger partial charge in [0.2, 0.25) is 0 Å². The second kappa shape index (κ2) is 6.12. The van der Waals surface area contributed by atoms with Crippen LogP contribution in [0.5, 0.6) is 0 Å². The molecule has 1 N–H and O–H groups in total. The Morgan fingerprint density at radius 1 is 1.30 bits per heavy atom. The summed E-state index contributed by atoms with van der Waals surface area (Å²) in [6.45, 7) is 2.15. The molecule has 1 saturated carbocycles. The van der Waals surface area contributed by atoms with Crippen molar-refractivity contribution >= 4 is 0 Å². The van der Waals surface area contributed by atoms with Gasteiger partial charge in [-0.15, -0.1) is 0 Å². The minimum Gasteiger partial charge on any atom is -0.310 e. The number of rotatable bonds is 6. The summed E-state index contributed by atoms with van der Waals surface area (Å²) in [5.74, 6) is -0.131. The Balaban J connectivity index is 2.04. The van der Waals surface area contributed by atoms with Crippen LogP contribution in [0, 0.1) is 11.7 Å². The van der Waals surface area contributed by atoms with Gasteiger partial charge in [-0.1, -0.05) is 25.8 Å². The highest BCUT2D eigenvalue weighted by Crippen LogP contribution is 2.35. The number of benzene rings is 1. The van der Waals surface area contributed by atoms with Crippen molar-refractivity contribution in [1.82, 2.24) is 5.32 Å². The summed E-state index contributed by atoms with van der Waals surface area (Å²) in [6, 6.07) is 3.09. The number of hydrogen-bond donors (Lipinski definition) is 1. The summed E-state index contributed by atoms with van der Waals surface area (Å²) in [6.07, 6.45) is -0.166. The zero-order valence-electron chi connectivity index (χ0n) is 11.4. The van der Waals surface area contributed by atoms with Crippen LogP contribution in [0.25, 0.3) is 0 Å². The largest absolute Gasteiger partial charge is 0.416 e. The first-order valence-electron chi connectivity index (χ1n) is 6.99. The first-order chi connectivity index (χ1) is 9.40. The molecule has 0 aromatic heterocycles. The third kappa shape index (κ3) is 4.20. The molecule has 0 radical (unpaired) electrons. The minimum atomic E-state index is -4.52. The summed E-state index contributed by atoms with van der Waals surface area (Å²) < 4.78 is 51.6. The molecule has 1 aromatic rings. The van der Waals surface area contributed by atoms with E-state index in [1.807, 2.05) is 6.92 Å². The normalized spacial score (nSPS) is 17.2. The molecule has 1 fully saturated rings. The van der Waals surface area contributed by atoms with Crippen molar-refractivity contribution in [2.24, 2.45) is 5.92 Å². The highest BCUT2D eigenvalue weighted by Gasteiger charge is 2.33. The average molecular weight is 289 g/mol. The predicted octanol–water partition coefficient (Wildman–Crippen LogP) is 4.51. The van der Waals surface area contributed by atoms with E-state index in [9.17, 15) is 17.6 Å². The van der Waals surface area contributed by atoms with Crippen LogP contribution in [0.2, 0.25) is 0 Å². The topological polar surface area (TPSA) is 12.0 Å². The lowest BCUT2D eigenvalue weighted by atomic mass is 10.0. The van der Waals surface area contributed by atoms with Crippen LogP contribution in [0.3, 0.4) is 0 Å². The maximum atomic E-state index is 13.0. The number of nitrogens with one attached hydrogen (secondary N) is 1. The zero-order valence-corrected chi connectivity index (χ0v) is 11.4. The van der Waals surface area contributed by atoms with E-state index in [2.05, 4.69) is 5.32 Å². The van der Waals surface area contributed by atoms with Crippen molar-refractivity contribution in [3.63, 3.8) is 0 Å². The maximum absolute atomic E-state index is 13.0. The molecule has 20 heavy (non-hydrogen) atoms. The van der Waals surface area contributed by atoms with E-state index < -0.39 is 17.6 Å². The van der Waals surface area contributed by atoms with Gasteiger partial charge in [0.05, 0.1) is 5.56 Å². The second-order valence-corrected chi connectivity index (χ2v) is 5.46. The van der Waals surface area contributed by atoms with Crippen LogP contribution >= 0.6 is 0 Å². The quantitative estimate of drug-likeness (QED) is 0.760. The Morgan fingerprint density at radius 3 is 2.55 bits per heavy atom. The molecule has 1 nitrogen and oxygen atoms in total. The summed E-state index contributed by atoms with van der Waals surface area (Å²) >= 11 is 0. The van der Waals surface area contributed by atoms with Gasteiger partial charge >= 0.3 is 6.18 Å². The Morgan fingerprint density at radius 2 is 2.00 bits per heavy atom. The molecule has 0 amide bonds. The monoisotopic (exact) mass is 289 g/mol. The Labute approximate surface area is 116 Å². The van der Waals surface area contributed by atoms with Gasteiger partial charge in [-0.2, -0.15) is 13.2 Å². The standard InChI is InChI=1S/C15H19F4N/c1-2-13(7-10-3-4-10)20-9-11-5-6-12(16)8-14(11)15(17,18)19/h5-6,8,10,13,20H,2-4,7,9H2,1H3. The molecule has 1 unspecified atom stereocenters. The van der Waals surface area contributed by atoms with E-state index in [1.165, 1.54) is 18.9 Å². The SMILES string of the molecule is CCC(CC1CC1)NCc1ccc(F)cc1C(F)(F)F. The first-order valence-corrected chi connectivity index (χ1v) is 6.99. The Hall–Kier alpha value is -1.10. The van der Waals surface area contributed by atoms with E-state index in [-0.39, 0.29) is 18.2 Å². The van der Waals surface area contributed by atoms with Crippen LogP contribution in [0.15, 0.2) is 18.2 Å². The minimum absolute atomic E-state index is 0.105. The predicted molar refractivity (Wildman–Crippen MR) is 69.7 cm³/mol. The fraction of sp³-hybridized carbons (Fsp3) is 0.600. The summed E-state index contributed by atoms with van der Waals surface area (Å²) in [7, 11) is 0. The van der Waals surface area contributed by atoms with Gasteiger partial charge in [0.1, 0.15) is 5.82 Å². The molecule has 1 aliphatic rings. The molecule has 1 atom stereocenters. The highest BCUT2D eigenvalue weighted by atomic mass is 19.4. The highest BCUT2D eigenvalue weighted by molar-refractivity contribution is 5.30. The van der Waals surface area contributed by atoms with E-state index in [0.29, 0.717) is 6.07 Å². The van der Waals surface area contributed by atoms with Gasteiger partial charge in [0.15, 0.2) is 0 Å². The lowest BCUT2D eigenvalue weighted by molar-refractivity contribution is -0.138. The molecule has 112 valence electrons. The Bertz CT molecular complexity index is 452. The van der Waals surface area contributed by atoms with E-state index in [0.717, 1.165) is 24.8 Å². The average Bonchev–Trinajstić information content (AvgIpc) is 3.18. The van der Waals surface area contributed by atoms with Crippen molar-refractivity contribution in [2.75, 3.05) is 0 Å². The smallest absolute Gasteiger partial charge is 0.310 e. The molecule has 0 spiro atoms. The van der Waals surface area contributed by atoms with Crippen molar-refractivity contribution < 1.29 is 17.6 Å². The van der Waals surface area contributed by atoms with Crippen LogP contribution < -0.4 is 5.32 Å². The molecule has 0 aliphatic heterocycles. The fourth-order valence-corrected chi connectivity index (χ4v) is 2.37. The molecule has 1 aromatic carbocycles. The van der Waals surface area contributed by atoms with E-state index in [1.54, 1.807) is 0 Å². The van der Waals surface area contributed by atoms with Gasteiger partial charge in [-0.25, -0.2) is 4.39 Å². The van der Waals surface area contributed by atoms with Gasteiger partial charge in [-0.05, 0) is 36.5 Å². The van der Waals surface area contributed by atoms with Gasteiger partial charge in [-0.3, -0.25) is 0 Å². The Kier molecular flexibility index (Phi) is 4.68. The second-order valence-electron chi connectivity index (χ2n) is 5.46. The van der Waals surface area contributed by atoms with Crippen LogP contribution in [0.4, 0.5) is 17.6 Å². The lowest BCUT2D eigenvalue weighted by Crippen LogP contribution is -2.29. The molecule has 0 bridgehead atoms. The molecular weight excluding hydrogens is 270 g/mol. The van der Waals surface area contributed by atoms with E-state index in [4.69, 9.17) is 0 Å². The van der Waals surface area contributed by atoms with Crippen molar-refractivity contribution in [3.8, 4) is 0 Å². The van der Waals surface area contributed by atoms with Crippen molar-refractivity contribution in [1.29, 1.82) is 0 Å². The molecule has 1 aliphatic carbocycles. The number of halogens is 4.